The third-order valence-electron chi connectivity index (χ3n) is 4.20. The molecular formula is C21H26NO8P. The maximum Gasteiger partial charge on any atom is 0.353 e. The molecule has 0 bridgehead atoms. The summed E-state index contributed by atoms with van der Waals surface area (Å²) in [6.45, 7) is 3.47. The van der Waals surface area contributed by atoms with Crippen molar-refractivity contribution < 1.29 is 38.8 Å². The van der Waals surface area contributed by atoms with Crippen LogP contribution in [0.1, 0.15) is 25.0 Å². The van der Waals surface area contributed by atoms with Crippen LogP contribution in [0.25, 0.3) is 6.08 Å². The molecule has 9 nitrogen and oxygen atoms in total. The zero-order valence-corrected chi connectivity index (χ0v) is 18.1. The fourth-order valence-corrected chi connectivity index (χ4v) is 4.64. The molecule has 0 heterocycles. The second kappa shape index (κ2) is 10.9. The van der Waals surface area contributed by atoms with E-state index in [0.29, 0.717) is 11.1 Å². The number of amides is 1. The first kappa shape index (κ1) is 24.3. The highest BCUT2D eigenvalue weighted by Crippen LogP contribution is 2.53. The van der Waals surface area contributed by atoms with Crippen LogP contribution in [0, 0.1) is 0 Å². The molecule has 2 aromatic rings. The number of hydrogen-bond acceptors (Lipinski definition) is 8. The lowest BCUT2D eigenvalue weighted by Crippen LogP contribution is -2.36. The Hall–Kier alpha value is -3.00. The molecule has 0 aliphatic heterocycles. The first-order valence-electron chi connectivity index (χ1n) is 9.58. The van der Waals surface area contributed by atoms with Crippen molar-refractivity contribution in [3.05, 3.63) is 53.6 Å². The lowest BCUT2D eigenvalue weighted by Gasteiger charge is -2.27. The third-order valence-corrected chi connectivity index (χ3v) is 6.52. The highest BCUT2D eigenvalue weighted by Gasteiger charge is 2.36. The van der Waals surface area contributed by atoms with E-state index in [4.69, 9.17) is 9.05 Å². The second-order valence-electron chi connectivity index (χ2n) is 6.51. The average Bonchev–Trinajstić information content (AvgIpc) is 2.71. The molecule has 0 saturated carbocycles. The number of hydrogen-bond donors (Lipinski definition) is 5. The number of benzene rings is 2. The summed E-state index contributed by atoms with van der Waals surface area (Å²) in [7, 11) is -3.77. The predicted octanol–water partition coefficient (Wildman–Crippen LogP) is 3.47. The molecule has 0 aromatic heterocycles. The fraction of sp³-hybridized carbons (Fsp3) is 0.286. The van der Waals surface area contributed by atoms with Crippen molar-refractivity contribution in [1.29, 1.82) is 0 Å². The standard InChI is InChI=1S/C21H26NO8P/c1-3-29-31(28,30-4-2)21(13-15-6-9-17(24)19(26)12-15)22-20(27)10-7-14-5-8-16(23)18(25)11-14/h5-12,21,23-26H,3-4,13H2,1-2H3,(H,22,27). The van der Waals surface area contributed by atoms with Crippen molar-refractivity contribution in [2.24, 2.45) is 0 Å². The highest BCUT2D eigenvalue weighted by atomic mass is 31.2. The topological polar surface area (TPSA) is 146 Å². The Morgan fingerprint density at radius 1 is 0.968 bits per heavy atom. The first-order chi connectivity index (χ1) is 14.7. The van der Waals surface area contributed by atoms with Gasteiger partial charge in [-0.25, -0.2) is 0 Å². The second-order valence-corrected chi connectivity index (χ2v) is 8.73. The summed E-state index contributed by atoms with van der Waals surface area (Å²) in [6.07, 6.45) is 2.59. The van der Waals surface area contributed by atoms with Gasteiger partial charge < -0.3 is 34.8 Å². The molecule has 2 rings (SSSR count). The van der Waals surface area contributed by atoms with E-state index in [-0.39, 0.29) is 42.6 Å². The van der Waals surface area contributed by atoms with E-state index in [9.17, 15) is 29.8 Å². The van der Waals surface area contributed by atoms with Crippen LogP contribution in [-0.2, 0) is 24.8 Å². The van der Waals surface area contributed by atoms with Gasteiger partial charge in [0.1, 0.15) is 5.78 Å². The van der Waals surface area contributed by atoms with Crippen molar-refractivity contribution in [2.45, 2.75) is 26.1 Å². The van der Waals surface area contributed by atoms with Gasteiger partial charge in [-0.05, 0) is 55.3 Å². The summed E-state index contributed by atoms with van der Waals surface area (Å²) in [5, 5.41) is 40.8. The van der Waals surface area contributed by atoms with Gasteiger partial charge in [0.25, 0.3) is 0 Å². The van der Waals surface area contributed by atoms with E-state index >= 15 is 0 Å². The van der Waals surface area contributed by atoms with Gasteiger partial charge in [0, 0.05) is 12.5 Å². The average molecular weight is 451 g/mol. The first-order valence-corrected chi connectivity index (χ1v) is 11.2. The summed E-state index contributed by atoms with van der Waals surface area (Å²) >= 11 is 0. The number of phenolic OH excluding ortho intramolecular Hbond substituents is 4. The van der Waals surface area contributed by atoms with Gasteiger partial charge in [0.15, 0.2) is 23.0 Å². The minimum absolute atomic E-state index is 0.00466. The van der Waals surface area contributed by atoms with Gasteiger partial charge in [0.05, 0.1) is 13.2 Å². The van der Waals surface area contributed by atoms with E-state index < -0.39 is 19.3 Å². The normalized spacial score (nSPS) is 12.7. The Morgan fingerprint density at radius 2 is 1.55 bits per heavy atom. The molecule has 0 aliphatic carbocycles. The van der Waals surface area contributed by atoms with Crippen molar-refractivity contribution in [2.75, 3.05) is 13.2 Å². The molecule has 5 N–H and O–H groups in total. The Kier molecular flexibility index (Phi) is 8.50. The molecule has 2 aromatic carbocycles. The van der Waals surface area contributed by atoms with Crippen molar-refractivity contribution in [3.63, 3.8) is 0 Å². The highest BCUT2D eigenvalue weighted by molar-refractivity contribution is 7.54. The summed E-state index contributed by atoms with van der Waals surface area (Å²) in [5.74, 6) is -2.93. The van der Waals surface area contributed by atoms with E-state index in [1.54, 1.807) is 13.8 Å². The molecule has 0 radical (unpaired) electrons. The third kappa shape index (κ3) is 6.75. The number of aromatic hydroxyl groups is 4. The number of carbonyl (C=O) groups excluding carboxylic acids is 1. The van der Waals surface area contributed by atoms with Gasteiger partial charge >= 0.3 is 7.60 Å². The zero-order valence-electron chi connectivity index (χ0n) is 17.2. The van der Waals surface area contributed by atoms with Gasteiger partial charge in [-0.15, -0.1) is 0 Å². The van der Waals surface area contributed by atoms with Crippen molar-refractivity contribution in [1.82, 2.24) is 5.32 Å². The van der Waals surface area contributed by atoms with E-state index in [2.05, 4.69) is 5.32 Å². The quantitative estimate of drug-likeness (QED) is 0.210. The number of phenols is 4. The maximum absolute atomic E-state index is 13.3. The van der Waals surface area contributed by atoms with Gasteiger partial charge in [-0.3, -0.25) is 9.36 Å². The molecule has 10 heteroatoms. The van der Waals surface area contributed by atoms with Crippen LogP contribution >= 0.6 is 7.60 Å². The largest absolute Gasteiger partial charge is 0.504 e. The molecule has 0 spiro atoms. The van der Waals surface area contributed by atoms with Gasteiger partial charge in [-0.2, -0.15) is 0 Å². The van der Waals surface area contributed by atoms with Crippen LogP contribution in [0.5, 0.6) is 23.0 Å². The van der Waals surface area contributed by atoms with Crippen LogP contribution in [0.4, 0.5) is 0 Å². The summed E-state index contributed by atoms with van der Waals surface area (Å²) in [5.41, 5.74) is 0.955. The van der Waals surface area contributed by atoms with Crippen LogP contribution in [0.15, 0.2) is 42.5 Å². The Labute approximate surface area is 180 Å². The van der Waals surface area contributed by atoms with Crippen molar-refractivity contribution >= 4 is 19.6 Å². The fourth-order valence-electron chi connectivity index (χ4n) is 2.77. The van der Waals surface area contributed by atoms with E-state index in [1.165, 1.54) is 48.6 Å². The van der Waals surface area contributed by atoms with E-state index in [0.717, 1.165) is 0 Å². The van der Waals surface area contributed by atoms with Crippen LogP contribution < -0.4 is 5.32 Å². The summed E-state index contributed by atoms with van der Waals surface area (Å²) < 4.78 is 24.1. The minimum atomic E-state index is -3.77. The molecule has 1 amide bonds. The number of nitrogens with one attached hydrogen (secondary N) is 1. The number of rotatable bonds is 10. The molecule has 1 unspecified atom stereocenters. The molecule has 168 valence electrons. The van der Waals surface area contributed by atoms with Crippen LogP contribution in [-0.4, -0.2) is 45.3 Å². The lowest BCUT2D eigenvalue weighted by atomic mass is 10.1. The summed E-state index contributed by atoms with van der Waals surface area (Å²) in [6, 6.07) is 8.16. The van der Waals surface area contributed by atoms with Crippen molar-refractivity contribution in [3.8, 4) is 23.0 Å². The van der Waals surface area contributed by atoms with Crippen LogP contribution in [0.2, 0.25) is 0 Å². The minimum Gasteiger partial charge on any atom is -0.504 e. The SMILES string of the molecule is CCOP(=O)(OCC)C(Cc1ccc(O)c(O)c1)NC(=O)C=Cc1ccc(O)c(O)c1. The predicted molar refractivity (Wildman–Crippen MR) is 115 cm³/mol. The Morgan fingerprint density at radius 3 is 2.10 bits per heavy atom. The molecule has 1 atom stereocenters. The molecule has 0 fully saturated rings. The molecule has 31 heavy (non-hydrogen) atoms. The van der Waals surface area contributed by atoms with Crippen LogP contribution in [0.3, 0.4) is 0 Å². The van der Waals surface area contributed by atoms with Gasteiger partial charge in [-0.1, -0.05) is 12.1 Å². The smallest absolute Gasteiger partial charge is 0.353 e. The monoisotopic (exact) mass is 451 g/mol. The van der Waals surface area contributed by atoms with E-state index in [1.807, 2.05) is 0 Å². The zero-order chi connectivity index (χ0) is 23.0. The number of carbonyl (C=O) groups is 1. The molecule has 0 aliphatic rings. The summed E-state index contributed by atoms with van der Waals surface area (Å²) in [4.78, 5) is 12.5. The lowest BCUT2D eigenvalue weighted by molar-refractivity contribution is -0.116. The Bertz CT molecular complexity index is 981. The Balaban J connectivity index is 2.26. The van der Waals surface area contributed by atoms with Gasteiger partial charge in [0.2, 0.25) is 5.91 Å². The molecule has 0 saturated heterocycles. The molecular weight excluding hydrogens is 425 g/mol. The maximum atomic E-state index is 13.3.